The van der Waals surface area contributed by atoms with Crippen LogP contribution in [0.2, 0.25) is 0 Å². The number of ether oxygens (including phenoxy) is 1. The maximum absolute atomic E-state index is 13.3. The Morgan fingerprint density at radius 1 is 1.11 bits per heavy atom. The summed E-state index contributed by atoms with van der Waals surface area (Å²) in [5.41, 5.74) is 5.94. The lowest BCUT2D eigenvalue weighted by molar-refractivity contribution is -0.276. The van der Waals surface area contributed by atoms with Gasteiger partial charge in [0.15, 0.2) is 5.60 Å². The van der Waals surface area contributed by atoms with E-state index in [1.54, 1.807) is 0 Å². The molecule has 0 spiro atoms. The van der Waals surface area contributed by atoms with Crippen LogP contribution in [0.3, 0.4) is 0 Å². The molecule has 0 bridgehead atoms. The molecular weight excluding hydrogens is 355 g/mol. The van der Waals surface area contributed by atoms with Gasteiger partial charge >= 0.3 is 6.18 Å². The van der Waals surface area contributed by atoms with E-state index in [-0.39, 0.29) is 12.8 Å². The maximum atomic E-state index is 13.3. The van der Waals surface area contributed by atoms with E-state index >= 15 is 0 Å². The van der Waals surface area contributed by atoms with Crippen LogP contribution in [-0.4, -0.2) is 44.6 Å². The van der Waals surface area contributed by atoms with Crippen LogP contribution in [0.25, 0.3) is 0 Å². The molecule has 1 aromatic carbocycles. The van der Waals surface area contributed by atoms with E-state index in [1.807, 2.05) is 29.2 Å². The van der Waals surface area contributed by atoms with Crippen molar-refractivity contribution in [3.63, 3.8) is 0 Å². The molecule has 0 aromatic heterocycles. The molecule has 27 heavy (non-hydrogen) atoms. The predicted octanol–water partition coefficient (Wildman–Crippen LogP) is 4.16. The number of anilines is 2. The first kappa shape index (κ1) is 20.3. The fourth-order valence-electron chi connectivity index (χ4n) is 4.17. The van der Waals surface area contributed by atoms with Gasteiger partial charge in [-0.1, -0.05) is 0 Å². The highest BCUT2D eigenvalue weighted by molar-refractivity contribution is 5.55. The number of rotatable bonds is 5. The quantitative estimate of drug-likeness (QED) is 0.799. The summed E-state index contributed by atoms with van der Waals surface area (Å²) in [4.78, 5) is 2.00. The van der Waals surface area contributed by atoms with Crippen LogP contribution in [0.15, 0.2) is 24.3 Å². The van der Waals surface area contributed by atoms with Crippen LogP contribution >= 0.6 is 0 Å². The second-order valence-corrected chi connectivity index (χ2v) is 7.89. The van der Waals surface area contributed by atoms with E-state index in [4.69, 9.17) is 10.5 Å². The Balaban J connectivity index is 1.51. The lowest BCUT2D eigenvalue weighted by Gasteiger charge is -2.42. The molecule has 0 radical (unpaired) electrons. The highest BCUT2D eigenvalue weighted by atomic mass is 19.4. The first-order valence-electron chi connectivity index (χ1n) is 9.79. The Kier molecular flexibility index (Phi) is 6.21. The molecule has 2 fully saturated rings. The summed E-state index contributed by atoms with van der Waals surface area (Å²) in [5.74, 6) is 0.663. The zero-order valence-electron chi connectivity index (χ0n) is 15.9. The molecule has 1 aliphatic carbocycles. The molecule has 2 aliphatic rings. The van der Waals surface area contributed by atoms with Crippen molar-refractivity contribution < 1.29 is 17.9 Å². The van der Waals surface area contributed by atoms with Gasteiger partial charge < -0.3 is 20.7 Å². The highest BCUT2D eigenvalue weighted by Crippen LogP contribution is 2.42. The summed E-state index contributed by atoms with van der Waals surface area (Å²) in [6.45, 7) is 1.61. The van der Waals surface area contributed by atoms with Crippen molar-refractivity contribution in [1.29, 1.82) is 0 Å². The van der Waals surface area contributed by atoms with E-state index in [9.17, 15) is 13.2 Å². The maximum Gasteiger partial charge on any atom is 0.417 e. The van der Waals surface area contributed by atoms with Crippen LogP contribution in [0.1, 0.15) is 38.5 Å². The Morgan fingerprint density at radius 2 is 1.70 bits per heavy atom. The third kappa shape index (κ3) is 4.69. The smallest absolute Gasteiger partial charge is 0.385 e. The minimum Gasteiger partial charge on any atom is -0.385 e. The molecule has 1 saturated heterocycles. The number of hydrogen-bond donors (Lipinski definition) is 2. The summed E-state index contributed by atoms with van der Waals surface area (Å²) in [5, 5.41) is 3.47. The molecule has 152 valence electrons. The van der Waals surface area contributed by atoms with Crippen LogP contribution < -0.4 is 16.0 Å². The average Bonchev–Trinajstić information content (AvgIpc) is 2.67. The van der Waals surface area contributed by atoms with Gasteiger partial charge in [-0.3, -0.25) is 0 Å². The van der Waals surface area contributed by atoms with E-state index in [0.717, 1.165) is 37.9 Å². The van der Waals surface area contributed by atoms with E-state index in [1.165, 1.54) is 12.8 Å². The van der Waals surface area contributed by atoms with Crippen molar-refractivity contribution in [1.82, 2.24) is 0 Å². The number of halogens is 3. The normalized spacial score (nSPS) is 26.0. The van der Waals surface area contributed by atoms with Gasteiger partial charge in [0.25, 0.3) is 0 Å². The second kappa shape index (κ2) is 8.27. The van der Waals surface area contributed by atoms with Gasteiger partial charge in [0.1, 0.15) is 0 Å². The number of alkyl halides is 3. The molecular formula is C20H30F3N3O. The molecule has 1 saturated carbocycles. The number of nitrogens with zero attached hydrogens (tertiary/aromatic N) is 1. The third-order valence-electron chi connectivity index (χ3n) is 6.20. The molecule has 0 atom stereocenters. The minimum atomic E-state index is -4.33. The molecule has 3 N–H and O–H groups in total. The van der Waals surface area contributed by atoms with Gasteiger partial charge in [-0.05, 0) is 55.9 Å². The van der Waals surface area contributed by atoms with Gasteiger partial charge in [-0.2, -0.15) is 13.2 Å². The van der Waals surface area contributed by atoms with Crippen LogP contribution in [0, 0.1) is 5.92 Å². The van der Waals surface area contributed by atoms with Gasteiger partial charge in [-0.15, -0.1) is 0 Å². The van der Waals surface area contributed by atoms with Crippen LogP contribution in [0.5, 0.6) is 0 Å². The number of nitrogens with one attached hydrogen (secondary N) is 1. The molecule has 1 aromatic rings. The monoisotopic (exact) mass is 385 g/mol. The summed E-state index contributed by atoms with van der Waals surface area (Å²) >= 11 is 0. The number of nitrogens with two attached hydrogens (primary N) is 1. The van der Waals surface area contributed by atoms with Crippen molar-refractivity contribution in [2.45, 2.75) is 56.3 Å². The zero-order chi connectivity index (χ0) is 19.5. The molecule has 1 aliphatic heterocycles. The van der Waals surface area contributed by atoms with E-state index in [2.05, 4.69) is 5.32 Å². The van der Waals surface area contributed by atoms with Crippen LogP contribution in [-0.2, 0) is 4.74 Å². The highest BCUT2D eigenvalue weighted by Gasteiger charge is 2.56. The average molecular weight is 385 g/mol. The Bertz CT molecular complexity index is 589. The first-order chi connectivity index (χ1) is 12.8. The van der Waals surface area contributed by atoms with Gasteiger partial charge in [-0.25, -0.2) is 0 Å². The van der Waals surface area contributed by atoms with Crippen LogP contribution in [0.4, 0.5) is 24.5 Å². The second-order valence-electron chi connectivity index (χ2n) is 7.89. The first-order valence-corrected chi connectivity index (χ1v) is 9.79. The van der Waals surface area contributed by atoms with Crippen molar-refractivity contribution in [3.8, 4) is 0 Å². The standard InChI is InChI=1S/C20H30F3N3O/c1-27-19(20(21,22)23)10-12-26(13-11-19)18-8-6-17(7-9-18)25-14-15-2-4-16(24)5-3-15/h6-9,15-16,25H,2-5,10-14,24H2,1H3/t15-,16-. The molecule has 4 nitrogen and oxygen atoms in total. The number of hydrogen-bond acceptors (Lipinski definition) is 4. The third-order valence-corrected chi connectivity index (χ3v) is 6.20. The number of piperidine rings is 1. The Labute approximate surface area is 159 Å². The molecule has 3 rings (SSSR count). The summed E-state index contributed by atoms with van der Waals surface area (Å²) in [6.07, 6.45) is 0.113. The molecule has 1 heterocycles. The van der Waals surface area contributed by atoms with Crippen molar-refractivity contribution >= 4 is 11.4 Å². The largest absolute Gasteiger partial charge is 0.417 e. The summed E-state index contributed by atoms with van der Waals surface area (Å²) in [6, 6.07) is 8.33. The molecule has 7 heteroatoms. The minimum absolute atomic E-state index is 0.0448. The lowest BCUT2D eigenvalue weighted by atomic mass is 9.86. The predicted molar refractivity (Wildman–Crippen MR) is 102 cm³/mol. The SMILES string of the molecule is COC1(C(F)(F)F)CCN(c2ccc(NC[C@H]3CC[C@H](N)CC3)cc2)CC1. The molecule has 0 amide bonds. The molecule has 0 unspecified atom stereocenters. The number of benzene rings is 1. The fraction of sp³-hybridized carbons (Fsp3) is 0.700. The van der Waals surface area contributed by atoms with E-state index < -0.39 is 11.8 Å². The fourth-order valence-corrected chi connectivity index (χ4v) is 4.17. The zero-order valence-corrected chi connectivity index (χ0v) is 15.9. The van der Waals surface area contributed by atoms with Crippen molar-refractivity contribution in [2.24, 2.45) is 11.7 Å². The van der Waals surface area contributed by atoms with Gasteiger partial charge in [0, 0.05) is 57.0 Å². The van der Waals surface area contributed by atoms with Gasteiger partial charge in [0.05, 0.1) is 0 Å². The topological polar surface area (TPSA) is 50.5 Å². The van der Waals surface area contributed by atoms with Crippen molar-refractivity contribution in [2.75, 3.05) is 37.0 Å². The van der Waals surface area contributed by atoms with Crippen molar-refractivity contribution in [3.05, 3.63) is 24.3 Å². The lowest BCUT2D eigenvalue weighted by Crippen LogP contribution is -2.54. The Hall–Kier alpha value is -1.47. The van der Waals surface area contributed by atoms with E-state index in [0.29, 0.717) is 25.0 Å². The Morgan fingerprint density at radius 3 is 2.22 bits per heavy atom. The number of methoxy groups -OCH3 is 1. The van der Waals surface area contributed by atoms with Gasteiger partial charge in [0.2, 0.25) is 0 Å². The summed E-state index contributed by atoms with van der Waals surface area (Å²) in [7, 11) is 1.16. The summed E-state index contributed by atoms with van der Waals surface area (Å²) < 4.78 is 44.7.